The Kier molecular flexibility index (Phi) is 5.27. The standard InChI is InChI=1S/C14H23N5OS/c1-6-19-12(11-9-18(4)17-13(11)20-5)15-16-14(19)21-8-7-10(2)3/h9-10H,6-8H2,1-5H3. The maximum absolute atomic E-state index is 5.32. The number of nitrogens with zero attached hydrogens (tertiary/aromatic N) is 5. The molecule has 2 aromatic rings. The summed E-state index contributed by atoms with van der Waals surface area (Å²) in [4.78, 5) is 0. The Hall–Kier alpha value is -1.50. The molecule has 0 saturated heterocycles. The van der Waals surface area contributed by atoms with Crippen LogP contribution in [0.5, 0.6) is 5.88 Å². The van der Waals surface area contributed by atoms with Gasteiger partial charge in [-0.2, -0.15) is 0 Å². The van der Waals surface area contributed by atoms with Crippen LogP contribution in [0, 0.1) is 5.92 Å². The van der Waals surface area contributed by atoms with Crippen LogP contribution in [0.15, 0.2) is 11.4 Å². The molecule has 0 radical (unpaired) electrons. The molecule has 6 nitrogen and oxygen atoms in total. The lowest BCUT2D eigenvalue weighted by Crippen LogP contribution is -2.01. The number of rotatable bonds is 7. The fourth-order valence-electron chi connectivity index (χ4n) is 2.04. The summed E-state index contributed by atoms with van der Waals surface area (Å²) in [6.07, 6.45) is 3.09. The van der Waals surface area contributed by atoms with E-state index in [0.717, 1.165) is 28.8 Å². The van der Waals surface area contributed by atoms with E-state index in [1.807, 2.05) is 13.2 Å². The number of ether oxygens (including phenoxy) is 1. The lowest BCUT2D eigenvalue weighted by atomic mass is 10.2. The van der Waals surface area contributed by atoms with Crippen LogP contribution >= 0.6 is 11.8 Å². The van der Waals surface area contributed by atoms with Gasteiger partial charge in [-0.3, -0.25) is 4.68 Å². The smallest absolute Gasteiger partial charge is 0.243 e. The molecule has 2 rings (SSSR count). The van der Waals surface area contributed by atoms with Crippen molar-refractivity contribution in [2.24, 2.45) is 13.0 Å². The highest BCUT2D eigenvalue weighted by Gasteiger charge is 2.19. The van der Waals surface area contributed by atoms with Crippen LogP contribution in [0.25, 0.3) is 11.4 Å². The Morgan fingerprint density at radius 1 is 1.33 bits per heavy atom. The molecule has 0 spiro atoms. The van der Waals surface area contributed by atoms with Gasteiger partial charge in [0.2, 0.25) is 5.88 Å². The van der Waals surface area contributed by atoms with Gasteiger partial charge in [0.1, 0.15) is 5.56 Å². The van der Waals surface area contributed by atoms with Gasteiger partial charge in [-0.25, -0.2) is 0 Å². The van der Waals surface area contributed by atoms with E-state index in [-0.39, 0.29) is 0 Å². The summed E-state index contributed by atoms with van der Waals surface area (Å²) >= 11 is 1.76. The Morgan fingerprint density at radius 3 is 2.71 bits per heavy atom. The zero-order valence-corrected chi connectivity index (χ0v) is 14.1. The van der Waals surface area contributed by atoms with Crippen molar-refractivity contribution in [1.29, 1.82) is 0 Å². The number of aryl methyl sites for hydroxylation is 1. The molecule has 2 heterocycles. The maximum atomic E-state index is 5.32. The monoisotopic (exact) mass is 309 g/mol. The summed E-state index contributed by atoms with van der Waals surface area (Å²) in [5.41, 5.74) is 0.880. The zero-order valence-electron chi connectivity index (χ0n) is 13.3. The fourth-order valence-corrected chi connectivity index (χ4v) is 3.28. The van der Waals surface area contributed by atoms with E-state index in [0.29, 0.717) is 11.8 Å². The summed E-state index contributed by atoms with van der Waals surface area (Å²) in [6, 6.07) is 0. The summed E-state index contributed by atoms with van der Waals surface area (Å²) in [5, 5.41) is 13.9. The van der Waals surface area contributed by atoms with E-state index < -0.39 is 0 Å². The molecule has 0 aliphatic heterocycles. The van der Waals surface area contributed by atoms with Crippen LogP contribution in [0.4, 0.5) is 0 Å². The number of thioether (sulfide) groups is 1. The second-order valence-electron chi connectivity index (χ2n) is 5.31. The minimum Gasteiger partial charge on any atom is -0.479 e. The molecule has 0 saturated carbocycles. The highest BCUT2D eigenvalue weighted by molar-refractivity contribution is 7.99. The van der Waals surface area contributed by atoms with Crippen LogP contribution in [0.3, 0.4) is 0 Å². The van der Waals surface area contributed by atoms with Crippen molar-refractivity contribution < 1.29 is 4.74 Å². The molecule has 0 unspecified atom stereocenters. The molecular formula is C14H23N5OS. The second-order valence-corrected chi connectivity index (χ2v) is 6.37. The number of hydrogen-bond donors (Lipinski definition) is 0. The van der Waals surface area contributed by atoms with Crippen LogP contribution in [0.2, 0.25) is 0 Å². The van der Waals surface area contributed by atoms with Crippen molar-refractivity contribution in [2.75, 3.05) is 12.9 Å². The molecule has 0 bridgehead atoms. The van der Waals surface area contributed by atoms with Crippen molar-refractivity contribution in [3.63, 3.8) is 0 Å². The Labute approximate surface area is 129 Å². The van der Waals surface area contributed by atoms with Crippen LogP contribution in [0.1, 0.15) is 27.2 Å². The molecule has 0 aromatic carbocycles. The largest absolute Gasteiger partial charge is 0.479 e. The first kappa shape index (κ1) is 15.9. The third-order valence-corrected chi connectivity index (χ3v) is 4.19. The van der Waals surface area contributed by atoms with Crippen molar-refractivity contribution in [2.45, 2.75) is 38.9 Å². The van der Waals surface area contributed by atoms with E-state index in [4.69, 9.17) is 4.74 Å². The maximum Gasteiger partial charge on any atom is 0.243 e. The molecule has 0 amide bonds. The van der Waals surface area contributed by atoms with E-state index in [1.54, 1.807) is 23.6 Å². The quantitative estimate of drug-likeness (QED) is 0.736. The highest BCUT2D eigenvalue weighted by atomic mass is 32.2. The van der Waals surface area contributed by atoms with Gasteiger partial charge in [0.25, 0.3) is 0 Å². The summed E-state index contributed by atoms with van der Waals surface area (Å²) in [5.74, 6) is 3.15. The third kappa shape index (κ3) is 3.58. The first-order valence-electron chi connectivity index (χ1n) is 7.20. The Morgan fingerprint density at radius 2 is 2.10 bits per heavy atom. The van der Waals surface area contributed by atoms with Gasteiger partial charge in [0, 0.05) is 25.5 Å². The average Bonchev–Trinajstić information content (AvgIpc) is 3.00. The molecule has 0 fully saturated rings. The molecule has 2 aromatic heterocycles. The van der Waals surface area contributed by atoms with E-state index in [9.17, 15) is 0 Å². The van der Waals surface area contributed by atoms with Crippen molar-refractivity contribution in [3.05, 3.63) is 6.20 Å². The van der Waals surface area contributed by atoms with Gasteiger partial charge in [-0.15, -0.1) is 15.3 Å². The molecule has 0 atom stereocenters. The fraction of sp³-hybridized carbons (Fsp3) is 0.643. The van der Waals surface area contributed by atoms with Crippen LogP contribution < -0.4 is 4.74 Å². The number of methoxy groups -OCH3 is 1. The minimum atomic E-state index is 0.582. The number of aromatic nitrogens is 5. The third-order valence-electron chi connectivity index (χ3n) is 3.19. The van der Waals surface area contributed by atoms with Gasteiger partial charge >= 0.3 is 0 Å². The van der Waals surface area contributed by atoms with Crippen molar-refractivity contribution in [1.82, 2.24) is 24.5 Å². The average molecular weight is 309 g/mol. The van der Waals surface area contributed by atoms with E-state index >= 15 is 0 Å². The topological polar surface area (TPSA) is 57.8 Å². The zero-order chi connectivity index (χ0) is 15.4. The van der Waals surface area contributed by atoms with Crippen LogP contribution in [-0.2, 0) is 13.6 Å². The lowest BCUT2D eigenvalue weighted by Gasteiger charge is -2.07. The van der Waals surface area contributed by atoms with Crippen LogP contribution in [-0.4, -0.2) is 37.4 Å². The second kappa shape index (κ2) is 6.98. The summed E-state index contributed by atoms with van der Waals surface area (Å²) in [6.45, 7) is 7.39. The van der Waals surface area contributed by atoms with Gasteiger partial charge in [-0.05, 0) is 19.3 Å². The van der Waals surface area contributed by atoms with Crippen molar-refractivity contribution >= 4 is 11.8 Å². The SMILES string of the molecule is CCn1c(SCCC(C)C)nnc1-c1cn(C)nc1OC. The Bertz CT molecular complexity index is 590. The number of hydrogen-bond acceptors (Lipinski definition) is 5. The molecule has 21 heavy (non-hydrogen) atoms. The molecule has 7 heteroatoms. The van der Waals surface area contributed by atoms with Gasteiger partial charge in [0.05, 0.1) is 7.11 Å². The minimum absolute atomic E-state index is 0.582. The van der Waals surface area contributed by atoms with Gasteiger partial charge in [-0.1, -0.05) is 25.6 Å². The molecule has 0 N–H and O–H groups in total. The first-order chi connectivity index (χ1) is 10.1. The molecule has 0 aliphatic carbocycles. The van der Waals surface area contributed by atoms with E-state index in [1.165, 1.54) is 6.42 Å². The molecular weight excluding hydrogens is 286 g/mol. The predicted octanol–water partition coefficient (Wildman–Crippen LogP) is 2.85. The first-order valence-corrected chi connectivity index (χ1v) is 8.19. The molecule has 0 aliphatic rings. The van der Waals surface area contributed by atoms with Gasteiger partial charge < -0.3 is 9.30 Å². The lowest BCUT2D eigenvalue weighted by molar-refractivity contribution is 0.393. The summed E-state index contributed by atoms with van der Waals surface area (Å²) < 4.78 is 9.17. The normalized spacial score (nSPS) is 11.3. The molecule has 116 valence electrons. The Balaban J connectivity index is 2.26. The summed E-state index contributed by atoms with van der Waals surface area (Å²) in [7, 11) is 3.49. The van der Waals surface area contributed by atoms with Gasteiger partial charge in [0.15, 0.2) is 11.0 Å². The predicted molar refractivity (Wildman–Crippen MR) is 84.6 cm³/mol. The van der Waals surface area contributed by atoms with E-state index in [2.05, 4.69) is 40.6 Å². The van der Waals surface area contributed by atoms with Crippen molar-refractivity contribution in [3.8, 4) is 17.3 Å². The highest BCUT2D eigenvalue weighted by Crippen LogP contribution is 2.30.